The van der Waals surface area contributed by atoms with Gasteiger partial charge in [-0.25, -0.2) is 9.97 Å². The topological polar surface area (TPSA) is 92.3 Å². The predicted molar refractivity (Wildman–Crippen MR) is 99.0 cm³/mol. The first-order chi connectivity index (χ1) is 11.9. The van der Waals surface area contributed by atoms with Crippen molar-refractivity contribution >= 4 is 24.2 Å². The minimum absolute atomic E-state index is 0.0328. The Labute approximate surface area is 146 Å². The Morgan fingerprint density at radius 3 is 2.88 bits per heavy atom. The highest BCUT2D eigenvalue weighted by Crippen LogP contribution is 2.42. The van der Waals surface area contributed by atoms with E-state index in [0.717, 1.165) is 22.2 Å². The third-order valence-corrected chi connectivity index (χ3v) is 5.20. The predicted octanol–water partition coefficient (Wildman–Crippen LogP) is 3.50. The molecular weight excluding hydrogens is 339 g/mol. The average Bonchev–Trinajstić information content (AvgIpc) is 2.92. The Hall–Kier alpha value is -2.37. The molecular formula is C17H21N4O3P. The van der Waals surface area contributed by atoms with Crippen molar-refractivity contribution in [2.75, 3.05) is 25.4 Å². The number of nitrogens with zero attached hydrogens (tertiary/aromatic N) is 3. The molecule has 0 saturated carbocycles. The Morgan fingerprint density at radius 1 is 1.32 bits per heavy atom. The molecule has 2 heterocycles. The number of aryl methyl sites for hydroxylation is 1. The lowest BCUT2D eigenvalue weighted by atomic mass is 10.1. The summed E-state index contributed by atoms with van der Waals surface area (Å²) in [7, 11) is -0.844. The summed E-state index contributed by atoms with van der Waals surface area (Å²) in [4.78, 5) is 8.37. The minimum atomic E-state index is -2.75. The van der Waals surface area contributed by atoms with E-state index in [-0.39, 0.29) is 6.35 Å². The molecule has 0 aliphatic carbocycles. The summed E-state index contributed by atoms with van der Waals surface area (Å²) in [6.07, 6.45) is 3.44. The Bertz CT molecular complexity index is 954. The lowest BCUT2D eigenvalue weighted by molar-refractivity contribution is 0.297. The quantitative estimate of drug-likeness (QED) is 0.677. The number of nitrogens with two attached hydrogens (primary N) is 1. The zero-order valence-electron chi connectivity index (χ0n) is 14.5. The molecule has 132 valence electrons. The average molecular weight is 360 g/mol. The van der Waals surface area contributed by atoms with Gasteiger partial charge in [0.15, 0.2) is 6.35 Å². The molecule has 0 saturated heterocycles. The Kier molecular flexibility index (Phi) is 4.79. The molecule has 0 aliphatic heterocycles. The first-order valence-corrected chi connectivity index (χ1v) is 10.2. The minimum Gasteiger partial charge on any atom is -0.484 e. The van der Waals surface area contributed by atoms with Gasteiger partial charge in [0.2, 0.25) is 7.37 Å². The second-order valence-electron chi connectivity index (χ2n) is 5.84. The van der Waals surface area contributed by atoms with Crippen molar-refractivity contribution in [1.82, 2.24) is 14.5 Å². The standard InChI is InChI=1S/C17H21N4O3P/c1-4-24-25(3,22)11-23-13-7-5-6-12(8-13)14-9-21(2)17-15(14)16(18)19-10-20-17/h5-10H,4,11H2,1-3H3,(H2,18,19,20). The van der Waals surface area contributed by atoms with E-state index in [1.807, 2.05) is 49.0 Å². The van der Waals surface area contributed by atoms with Crippen LogP contribution in [0.25, 0.3) is 22.2 Å². The lowest BCUT2D eigenvalue weighted by Crippen LogP contribution is -2.01. The van der Waals surface area contributed by atoms with E-state index < -0.39 is 7.37 Å². The van der Waals surface area contributed by atoms with Crippen LogP contribution in [0, 0.1) is 0 Å². The first-order valence-electron chi connectivity index (χ1n) is 7.91. The van der Waals surface area contributed by atoms with Crippen molar-refractivity contribution in [1.29, 1.82) is 0 Å². The number of hydrogen-bond acceptors (Lipinski definition) is 6. The van der Waals surface area contributed by atoms with Crippen molar-refractivity contribution in [3.8, 4) is 16.9 Å². The van der Waals surface area contributed by atoms with E-state index in [1.165, 1.54) is 6.33 Å². The van der Waals surface area contributed by atoms with Gasteiger partial charge in [-0.15, -0.1) is 0 Å². The molecule has 3 rings (SSSR count). The fourth-order valence-electron chi connectivity index (χ4n) is 2.71. The van der Waals surface area contributed by atoms with E-state index >= 15 is 0 Å². The summed E-state index contributed by atoms with van der Waals surface area (Å²) < 4.78 is 25.0. The maximum atomic E-state index is 12.2. The van der Waals surface area contributed by atoms with Gasteiger partial charge < -0.3 is 19.6 Å². The van der Waals surface area contributed by atoms with E-state index in [2.05, 4.69) is 9.97 Å². The van der Waals surface area contributed by atoms with E-state index in [4.69, 9.17) is 15.0 Å². The number of hydrogen-bond donors (Lipinski definition) is 1. The molecule has 0 bridgehead atoms. The smallest absolute Gasteiger partial charge is 0.236 e. The van der Waals surface area contributed by atoms with E-state index in [9.17, 15) is 4.57 Å². The van der Waals surface area contributed by atoms with E-state index in [1.54, 1.807) is 6.66 Å². The van der Waals surface area contributed by atoms with E-state index in [0.29, 0.717) is 18.2 Å². The number of nitrogen functional groups attached to an aromatic ring is 1. The normalized spacial score (nSPS) is 13.7. The molecule has 1 unspecified atom stereocenters. The second kappa shape index (κ2) is 6.86. The zero-order valence-corrected chi connectivity index (χ0v) is 15.4. The summed E-state index contributed by atoms with van der Waals surface area (Å²) in [6.45, 7) is 3.78. The van der Waals surface area contributed by atoms with Crippen LogP contribution in [0.1, 0.15) is 6.92 Å². The molecule has 3 aromatic rings. The summed E-state index contributed by atoms with van der Waals surface area (Å²) in [5.74, 6) is 1.05. The zero-order chi connectivity index (χ0) is 18.0. The highest BCUT2D eigenvalue weighted by molar-refractivity contribution is 7.57. The molecule has 0 radical (unpaired) electrons. The van der Waals surface area contributed by atoms with Gasteiger partial charge >= 0.3 is 0 Å². The third-order valence-electron chi connectivity index (χ3n) is 3.80. The molecule has 2 N–H and O–H groups in total. The number of benzene rings is 1. The van der Waals surface area contributed by atoms with Crippen molar-refractivity contribution < 1.29 is 13.8 Å². The Balaban J connectivity index is 1.94. The van der Waals surface area contributed by atoms with Gasteiger partial charge in [-0.1, -0.05) is 12.1 Å². The summed E-state index contributed by atoms with van der Waals surface area (Å²) >= 11 is 0. The fraction of sp³-hybridized carbons (Fsp3) is 0.294. The summed E-state index contributed by atoms with van der Waals surface area (Å²) in [5, 5.41) is 0.803. The van der Waals surface area contributed by atoms with Crippen molar-refractivity contribution in [2.24, 2.45) is 7.05 Å². The van der Waals surface area contributed by atoms with Crippen LogP contribution in [-0.4, -0.2) is 34.2 Å². The third kappa shape index (κ3) is 3.67. The molecule has 0 fully saturated rings. The number of anilines is 1. The van der Waals surface area contributed by atoms with Crippen LogP contribution >= 0.6 is 7.37 Å². The van der Waals surface area contributed by atoms with Crippen LogP contribution in [0.15, 0.2) is 36.8 Å². The van der Waals surface area contributed by atoms with Gasteiger partial charge in [-0.2, -0.15) is 0 Å². The van der Waals surface area contributed by atoms with Crippen molar-refractivity contribution in [3.63, 3.8) is 0 Å². The molecule has 7 nitrogen and oxygen atoms in total. The molecule has 1 atom stereocenters. The maximum absolute atomic E-state index is 12.2. The van der Waals surface area contributed by atoms with Gasteiger partial charge in [0.25, 0.3) is 0 Å². The molecule has 0 aliphatic rings. The second-order valence-corrected chi connectivity index (χ2v) is 8.39. The van der Waals surface area contributed by atoms with Gasteiger partial charge in [0.1, 0.15) is 23.5 Å². The van der Waals surface area contributed by atoms with Gasteiger partial charge in [-0.05, 0) is 24.6 Å². The van der Waals surface area contributed by atoms with Crippen LogP contribution in [0.2, 0.25) is 0 Å². The van der Waals surface area contributed by atoms with Crippen LogP contribution < -0.4 is 10.5 Å². The van der Waals surface area contributed by atoms with Crippen LogP contribution in [0.4, 0.5) is 5.82 Å². The maximum Gasteiger partial charge on any atom is 0.236 e. The SMILES string of the molecule is CCOP(C)(=O)COc1cccc(-c2cn(C)c3ncnc(N)c23)c1. The summed E-state index contributed by atoms with van der Waals surface area (Å²) in [6, 6.07) is 7.54. The largest absolute Gasteiger partial charge is 0.484 e. The lowest BCUT2D eigenvalue weighted by Gasteiger charge is -2.14. The fourth-order valence-corrected chi connectivity index (χ4v) is 3.71. The molecule has 0 amide bonds. The monoisotopic (exact) mass is 360 g/mol. The molecule has 1 aromatic carbocycles. The number of rotatable bonds is 6. The van der Waals surface area contributed by atoms with Gasteiger partial charge in [0, 0.05) is 25.5 Å². The van der Waals surface area contributed by atoms with Crippen molar-refractivity contribution in [2.45, 2.75) is 6.92 Å². The van der Waals surface area contributed by atoms with Gasteiger partial charge in [-0.3, -0.25) is 4.57 Å². The number of fused-ring (bicyclic) bond motifs is 1. The van der Waals surface area contributed by atoms with Crippen molar-refractivity contribution in [3.05, 3.63) is 36.8 Å². The summed E-state index contributed by atoms with van der Waals surface area (Å²) in [5.41, 5.74) is 8.66. The Morgan fingerprint density at radius 2 is 2.12 bits per heavy atom. The highest BCUT2D eigenvalue weighted by atomic mass is 31.2. The molecule has 0 spiro atoms. The molecule has 25 heavy (non-hydrogen) atoms. The van der Waals surface area contributed by atoms with Crippen LogP contribution in [-0.2, 0) is 16.1 Å². The van der Waals surface area contributed by atoms with Gasteiger partial charge in [0.05, 0.1) is 12.0 Å². The molecule has 8 heteroatoms. The van der Waals surface area contributed by atoms with Crippen LogP contribution in [0.5, 0.6) is 5.75 Å². The molecule has 2 aromatic heterocycles. The number of ether oxygens (including phenoxy) is 1. The highest BCUT2D eigenvalue weighted by Gasteiger charge is 2.17. The first kappa shape index (κ1) is 17.5. The van der Waals surface area contributed by atoms with Crippen LogP contribution in [0.3, 0.4) is 0 Å². The number of aromatic nitrogens is 3.